The summed E-state index contributed by atoms with van der Waals surface area (Å²) in [7, 11) is -7.88. The number of halogens is 1. The van der Waals surface area contributed by atoms with Crippen molar-refractivity contribution in [2.24, 2.45) is 0 Å². The largest absolute Gasteiger partial charge is 0.456 e. The third-order valence-corrected chi connectivity index (χ3v) is 13.2. The molecule has 0 saturated carbocycles. The molecule has 62 heavy (non-hydrogen) atoms. The molecule has 0 radical (unpaired) electrons. The van der Waals surface area contributed by atoms with Crippen molar-refractivity contribution in [1.82, 2.24) is 18.8 Å². The van der Waals surface area contributed by atoms with Gasteiger partial charge in [-0.05, 0) is 107 Å². The van der Waals surface area contributed by atoms with Crippen LogP contribution in [0, 0.1) is 47.9 Å². The predicted molar refractivity (Wildman–Crippen MR) is 234 cm³/mol. The summed E-state index contributed by atoms with van der Waals surface area (Å²) in [6, 6.07) is 17.9. The van der Waals surface area contributed by atoms with Crippen LogP contribution in [-0.4, -0.2) is 104 Å². The van der Waals surface area contributed by atoms with Crippen molar-refractivity contribution in [1.29, 1.82) is 0 Å². The number of nitrogens with one attached hydrogen (secondary N) is 1. The van der Waals surface area contributed by atoms with E-state index in [9.17, 15) is 41.9 Å². The van der Waals surface area contributed by atoms with Gasteiger partial charge in [0.1, 0.15) is 26.9 Å². The fraction of sp³-hybridized carbons (Fsp3) is 0.390. The maximum atomic E-state index is 13.5. The topological polar surface area (TPSA) is 221 Å². The van der Waals surface area contributed by atoms with E-state index in [0.29, 0.717) is 37.7 Å². The summed E-state index contributed by atoms with van der Waals surface area (Å²) < 4.78 is 72.7. The van der Waals surface area contributed by atoms with Gasteiger partial charge in [0.2, 0.25) is 20.0 Å². The van der Waals surface area contributed by atoms with Gasteiger partial charge in [-0.15, -0.1) is 12.4 Å². The molecular formula is C41H51ClN6O12S2. The van der Waals surface area contributed by atoms with Gasteiger partial charge in [0.05, 0.1) is 22.0 Å². The van der Waals surface area contributed by atoms with E-state index < -0.39 is 41.6 Å². The number of nitro benzene ring substituents is 2. The van der Waals surface area contributed by atoms with E-state index in [2.05, 4.69) is 5.32 Å². The lowest BCUT2D eigenvalue weighted by molar-refractivity contribution is -0.385. The quantitative estimate of drug-likeness (QED) is 0.122. The molecule has 0 bridgehead atoms. The minimum absolute atomic E-state index is 0. The van der Waals surface area contributed by atoms with Crippen LogP contribution in [0.2, 0.25) is 0 Å². The summed E-state index contributed by atoms with van der Waals surface area (Å²) in [4.78, 5) is 34.8. The number of ether oxygens (including phenoxy) is 3. The van der Waals surface area contributed by atoms with Crippen LogP contribution in [-0.2, 0) is 24.8 Å². The van der Waals surface area contributed by atoms with Crippen molar-refractivity contribution in [3.05, 3.63) is 115 Å². The number of nitro groups is 2. The monoisotopic (exact) mass is 918 g/mol. The lowest BCUT2D eigenvalue weighted by Gasteiger charge is -2.35. The molecule has 0 atom stereocenters. The number of hydrogen-bond donors (Lipinski definition) is 1. The zero-order chi connectivity index (χ0) is 44.9. The molecule has 18 nitrogen and oxygen atoms in total. The Morgan fingerprint density at radius 2 is 0.984 bits per heavy atom. The molecule has 2 saturated heterocycles. The molecular weight excluding hydrogens is 868 g/mol. The molecule has 21 heteroatoms. The Balaban J connectivity index is 0.000000275. The third-order valence-electron chi connectivity index (χ3n) is 9.32. The van der Waals surface area contributed by atoms with Crippen molar-refractivity contribution in [3.63, 3.8) is 0 Å². The first kappa shape index (κ1) is 49.3. The van der Waals surface area contributed by atoms with Gasteiger partial charge in [0, 0.05) is 64.5 Å². The molecule has 1 amide bonds. The van der Waals surface area contributed by atoms with E-state index in [4.69, 9.17) is 14.2 Å². The van der Waals surface area contributed by atoms with Crippen LogP contribution < -0.4 is 14.8 Å². The van der Waals surface area contributed by atoms with Crippen LogP contribution in [0.5, 0.6) is 23.0 Å². The zero-order valence-electron chi connectivity index (χ0n) is 35.4. The van der Waals surface area contributed by atoms with E-state index in [1.807, 2.05) is 39.8 Å². The summed E-state index contributed by atoms with van der Waals surface area (Å²) in [5, 5.41) is 25.6. The summed E-state index contributed by atoms with van der Waals surface area (Å²) in [5.41, 5.74) is 2.54. The summed E-state index contributed by atoms with van der Waals surface area (Å²) >= 11 is 0. The highest BCUT2D eigenvalue weighted by Gasteiger charge is 2.35. The number of nitrogens with zero attached hydrogens (tertiary/aromatic N) is 5. The fourth-order valence-corrected chi connectivity index (χ4v) is 9.70. The lowest BCUT2D eigenvalue weighted by Crippen LogP contribution is -2.51. The molecule has 4 aromatic carbocycles. The second-order valence-electron chi connectivity index (χ2n) is 15.7. The normalized spacial score (nSPS) is 15.0. The molecule has 0 aliphatic carbocycles. The van der Waals surface area contributed by atoms with Gasteiger partial charge < -0.3 is 24.4 Å². The van der Waals surface area contributed by atoms with Gasteiger partial charge in [-0.2, -0.15) is 8.61 Å². The molecule has 0 aromatic heterocycles. The molecule has 2 heterocycles. The van der Waals surface area contributed by atoms with E-state index in [-0.39, 0.29) is 71.3 Å². The smallest absolute Gasteiger partial charge is 0.410 e. The van der Waals surface area contributed by atoms with Crippen LogP contribution >= 0.6 is 12.4 Å². The van der Waals surface area contributed by atoms with Crippen molar-refractivity contribution in [2.45, 2.75) is 63.9 Å². The van der Waals surface area contributed by atoms with E-state index in [1.54, 1.807) is 45.0 Å². The van der Waals surface area contributed by atoms with Gasteiger partial charge in [-0.3, -0.25) is 20.2 Å². The second-order valence-corrected chi connectivity index (χ2v) is 19.5. The Hall–Kier alpha value is -5.38. The van der Waals surface area contributed by atoms with Crippen molar-refractivity contribution in [2.75, 3.05) is 52.4 Å². The minimum Gasteiger partial charge on any atom is -0.456 e. The number of non-ortho nitro benzene ring substituents is 2. The molecule has 2 fully saturated rings. The average molecular weight is 919 g/mol. The SMILES string of the molecule is Cc1cc(C)cc(Oc2cc([N+](=O)[O-])ccc2S(=O)(=O)N2CCN(C(=O)OC(C)(C)C)CC2)c1.Cc1cc(C)cc(Oc2cc([N+](=O)[O-])ccc2S(=O)(=O)N2CCNCC2)c1.Cl. The molecule has 336 valence electrons. The van der Waals surface area contributed by atoms with Gasteiger partial charge in [-0.25, -0.2) is 21.6 Å². The Kier molecular flexibility index (Phi) is 16.1. The number of hydrogen-bond acceptors (Lipinski definition) is 13. The second kappa shape index (κ2) is 20.2. The number of rotatable bonds is 10. The average Bonchev–Trinajstić information content (AvgIpc) is 3.17. The van der Waals surface area contributed by atoms with E-state index in [1.165, 1.54) is 31.7 Å². The molecule has 1 N–H and O–H groups in total. The van der Waals surface area contributed by atoms with Crippen LogP contribution in [0.1, 0.15) is 43.0 Å². The molecule has 0 spiro atoms. The maximum Gasteiger partial charge on any atom is 0.410 e. The minimum atomic E-state index is -4.05. The van der Waals surface area contributed by atoms with Gasteiger partial charge in [0.15, 0.2) is 11.5 Å². The number of carbonyl (C=O) groups is 1. The Morgan fingerprint density at radius 1 is 0.613 bits per heavy atom. The van der Waals surface area contributed by atoms with Gasteiger partial charge in [-0.1, -0.05) is 12.1 Å². The summed E-state index contributed by atoms with van der Waals surface area (Å²) in [6.45, 7) is 15.0. The predicted octanol–water partition coefficient (Wildman–Crippen LogP) is 7.26. The molecule has 4 aromatic rings. The summed E-state index contributed by atoms with van der Waals surface area (Å²) in [6.07, 6.45) is -0.501. The number of sulfonamides is 2. The van der Waals surface area contributed by atoms with Crippen molar-refractivity contribution >= 4 is 49.9 Å². The molecule has 6 rings (SSSR count). The fourth-order valence-electron chi connectivity index (χ4n) is 6.64. The molecule has 2 aliphatic rings. The van der Waals surface area contributed by atoms with Gasteiger partial charge in [0.25, 0.3) is 11.4 Å². The van der Waals surface area contributed by atoms with Crippen LogP contribution in [0.3, 0.4) is 0 Å². The van der Waals surface area contributed by atoms with E-state index >= 15 is 0 Å². The third kappa shape index (κ3) is 12.6. The number of benzene rings is 4. The highest BCUT2D eigenvalue weighted by molar-refractivity contribution is 7.89. The van der Waals surface area contributed by atoms with Gasteiger partial charge >= 0.3 is 6.09 Å². The Morgan fingerprint density at radius 3 is 1.34 bits per heavy atom. The molecule has 0 unspecified atom stereocenters. The Labute approximate surface area is 367 Å². The highest BCUT2D eigenvalue weighted by Crippen LogP contribution is 2.37. The number of aryl methyl sites for hydroxylation is 4. The number of piperazine rings is 2. The number of carbonyl (C=O) groups excluding carboxylic acids is 1. The highest BCUT2D eigenvalue weighted by atomic mass is 35.5. The maximum absolute atomic E-state index is 13.5. The van der Waals surface area contributed by atoms with Crippen molar-refractivity contribution in [3.8, 4) is 23.0 Å². The number of amides is 1. The van der Waals surface area contributed by atoms with Crippen LogP contribution in [0.4, 0.5) is 16.2 Å². The first-order chi connectivity index (χ1) is 28.5. The first-order valence-corrected chi connectivity index (χ1v) is 22.2. The lowest BCUT2D eigenvalue weighted by atomic mass is 10.1. The van der Waals surface area contributed by atoms with Crippen LogP contribution in [0.25, 0.3) is 0 Å². The zero-order valence-corrected chi connectivity index (χ0v) is 37.9. The van der Waals surface area contributed by atoms with E-state index in [0.717, 1.165) is 40.5 Å². The standard InChI is InChI=1S/C23H29N3O7S.C18H21N3O5S.ClH/c1-16-12-17(2)14-19(13-16)32-20-15-18(26(28)29)6-7-21(20)34(30,31)25-10-8-24(9-11-25)22(27)33-23(3,4)5;1-13-9-14(2)11-16(10-13)26-17-12-15(21(22)23)3-4-18(17)27(24,25)20-7-5-19-6-8-20;/h6-7,12-15H,8-11H2,1-5H3;3-4,9-12,19H,5-8H2,1-2H3;1H. The summed E-state index contributed by atoms with van der Waals surface area (Å²) in [5.74, 6) is 0.635. The first-order valence-electron chi connectivity index (χ1n) is 19.3. The van der Waals surface area contributed by atoms with Crippen LogP contribution in [0.15, 0.2) is 82.6 Å². The van der Waals surface area contributed by atoms with Crippen molar-refractivity contribution < 1.29 is 45.7 Å². The Bertz CT molecular complexity index is 2480. The molecule has 2 aliphatic heterocycles.